The third kappa shape index (κ3) is 3.31. The summed E-state index contributed by atoms with van der Waals surface area (Å²) in [6.07, 6.45) is 1.61. The monoisotopic (exact) mass is 346 g/mol. The molecule has 1 heterocycles. The number of aromatic nitrogens is 1. The summed E-state index contributed by atoms with van der Waals surface area (Å²) in [4.78, 5) is 4.07. The van der Waals surface area contributed by atoms with Gasteiger partial charge in [-0.15, -0.1) is 0 Å². The molecule has 0 bridgehead atoms. The standard InChI is InChI=1S/C18H13ClF2N2O/c19-14-6-7-15(20)13(17(14)21)10-24-16-8-12(9-23-18(16)22)11-4-2-1-3-5-11/h1-9H,10H2,(H2,22,23). The number of anilines is 1. The predicted molar refractivity (Wildman–Crippen MR) is 89.8 cm³/mol. The van der Waals surface area contributed by atoms with E-state index in [9.17, 15) is 8.78 Å². The number of nitrogen functional groups attached to an aromatic ring is 1. The van der Waals surface area contributed by atoms with Gasteiger partial charge in [0, 0.05) is 11.8 Å². The average Bonchev–Trinajstić information content (AvgIpc) is 2.60. The van der Waals surface area contributed by atoms with E-state index in [0.717, 1.165) is 23.3 Å². The first-order valence-electron chi connectivity index (χ1n) is 7.12. The molecule has 6 heteroatoms. The number of nitrogens with zero attached hydrogens (tertiary/aromatic N) is 1. The molecule has 1 aromatic heterocycles. The van der Waals surface area contributed by atoms with Crippen molar-refractivity contribution in [3.63, 3.8) is 0 Å². The van der Waals surface area contributed by atoms with Crippen molar-refractivity contribution < 1.29 is 13.5 Å². The van der Waals surface area contributed by atoms with Crippen LogP contribution in [-0.2, 0) is 6.61 Å². The zero-order valence-corrected chi connectivity index (χ0v) is 13.2. The molecule has 0 amide bonds. The van der Waals surface area contributed by atoms with Crippen molar-refractivity contribution in [2.24, 2.45) is 0 Å². The Morgan fingerprint density at radius 1 is 1.04 bits per heavy atom. The van der Waals surface area contributed by atoms with Crippen LogP contribution in [0.25, 0.3) is 11.1 Å². The van der Waals surface area contributed by atoms with Crippen LogP contribution in [0.15, 0.2) is 54.7 Å². The fourth-order valence-electron chi connectivity index (χ4n) is 2.21. The van der Waals surface area contributed by atoms with Gasteiger partial charge in [-0.3, -0.25) is 0 Å². The number of hydrogen-bond acceptors (Lipinski definition) is 3. The lowest BCUT2D eigenvalue weighted by Gasteiger charge is -2.12. The van der Waals surface area contributed by atoms with E-state index < -0.39 is 11.6 Å². The number of halogens is 3. The fourth-order valence-corrected chi connectivity index (χ4v) is 2.39. The van der Waals surface area contributed by atoms with Crippen LogP contribution in [0.2, 0.25) is 5.02 Å². The highest BCUT2D eigenvalue weighted by Gasteiger charge is 2.14. The Hall–Kier alpha value is -2.66. The summed E-state index contributed by atoms with van der Waals surface area (Å²) in [6.45, 7) is -0.345. The van der Waals surface area contributed by atoms with Crippen molar-refractivity contribution >= 4 is 17.4 Å². The maximum absolute atomic E-state index is 13.9. The molecule has 0 radical (unpaired) electrons. The fraction of sp³-hybridized carbons (Fsp3) is 0.0556. The van der Waals surface area contributed by atoms with Crippen molar-refractivity contribution in [1.29, 1.82) is 0 Å². The van der Waals surface area contributed by atoms with Crippen molar-refractivity contribution in [1.82, 2.24) is 4.98 Å². The number of nitrogens with two attached hydrogens (primary N) is 1. The van der Waals surface area contributed by atoms with Gasteiger partial charge in [-0.1, -0.05) is 41.9 Å². The molecule has 0 aliphatic carbocycles. The second kappa shape index (κ2) is 6.84. The number of rotatable bonds is 4. The molecule has 0 unspecified atom stereocenters. The molecule has 2 aromatic carbocycles. The molecule has 0 saturated carbocycles. The van der Waals surface area contributed by atoms with E-state index in [1.165, 1.54) is 0 Å². The quantitative estimate of drug-likeness (QED) is 0.687. The Balaban J connectivity index is 1.87. The molecule has 0 aliphatic rings. The number of hydrogen-bond donors (Lipinski definition) is 1. The summed E-state index contributed by atoms with van der Waals surface area (Å²) < 4.78 is 33.1. The molecule has 0 spiro atoms. The van der Waals surface area contributed by atoms with Gasteiger partial charge in [0.25, 0.3) is 0 Å². The Kier molecular flexibility index (Phi) is 4.62. The molecule has 2 N–H and O–H groups in total. The Bertz CT molecular complexity index is 872. The Labute approximate surface area is 142 Å². The van der Waals surface area contributed by atoms with E-state index >= 15 is 0 Å². The van der Waals surface area contributed by atoms with Gasteiger partial charge in [0.2, 0.25) is 0 Å². The summed E-state index contributed by atoms with van der Waals surface area (Å²) in [7, 11) is 0. The number of benzene rings is 2. The van der Waals surface area contributed by atoms with Crippen LogP contribution >= 0.6 is 11.6 Å². The summed E-state index contributed by atoms with van der Waals surface area (Å²) >= 11 is 5.67. The van der Waals surface area contributed by atoms with Crippen LogP contribution in [0.5, 0.6) is 5.75 Å². The molecular formula is C18H13ClF2N2O. The third-order valence-corrected chi connectivity index (χ3v) is 3.79. The molecule has 24 heavy (non-hydrogen) atoms. The molecule has 0 atom stereocenters. The maximum Gasteiger partial charge on any atom is 0.166 e. The second-order valence-electron chi connectivity index (χ2n) is 5.08. The summed E-state index contributed by atoms with van der Waals surface area (Å²) in [6, 6.07) is 13.4. The Morgan fingerprint density at radius 2 is 1.79 bits per heavy atom. The first-order valence-corrected chi connectivity index (χ1v) is 7.50. The lowest BCUT2D eigenvalue weighted by Crippen LogP contribution is -2.05. The second-order valence-corrected chi connectivity index (χ2v) is 5.49. The minimum atomic E-state index is -0.845. The summed E-state index contributed by atoms with van der Waals surface area (Å²) in [5, 5.41) is -0.167. The smallest absolute Gasteiger partial charge is 0.166 e. The molecular weight excluding hydrogens is 334 g/mol. The van der Waals surface area contributed by atoms with Crippen LogP contribution in [0.3, 0.4) is 0 Å². The normalized spacial score (nSPS) is 10.6. The summed E-state index contributed by atoms with van der Waals surface area (Å²) in [5.41, 5.74) is 7.24. The topological polar surface area (TPSA) is 48.1 Å². The van der Waals surface area contributed by atoms with E-state index in [4.69, 9.17) is 22.1 Å². The van der Waals surface area contributed by atoms with Gasteiger partial charge in [-0.2, -0.15) is 0 Å². The SMILES string of the molecule is Nc1ncc(-c2ccccc2)cc1OCc1c(F)ccc(Cl)c1F. The highest BCUT2D eigenvalue weighted by Crippen LogP contribution is 2.29. The van der Waals surface area contributed by atoms with Gasteiger partial charge >= 0.3 is 0 Å². The zero-order valence-electron chi connectivity index (χ0n) is 12.5. The van der Waals surface area contributed by atoms with Crippen LogP contribution in [-0.4, -0.2) is 4.98 Å². The zero-order chi connectivity index (χ0) is 17.1. The average molecular weight is 347 g/mol. The van der Waals surface area contributed by atoms with Gasteiger partial charge in [0.1, 0.15) is 12.4 Å². The van der Waals surface area contributed by atoms with E-state index in [-0.39, 0.29) is 28.8 Å². The highest BCUT2D eigenvalue weighted by molar-refractivity contribution is 6.30. The van der Waals surface area contributed by atoms with Crippen molar-refractivity contribution in [3.05, 3.63) is 76.9 Å². The number of ether oxygens (including phenoxy) is 1. The minimum absolute atomic E-state index is 0.137. The van der Waals surface area contributed by atoms with Gasteiger partial charge in [0.05, 0.1) is 10.6 Å². The van der Waals surface area contributed by atoms with Gasteiger partial charge < -0.3 is 10.5 Å². The summed E-state index contributed by atoms with van der Waals surface area (Å²) in [5.74, 6) is -1.20. The van der Waals surface area contributed by atoms with Crippen LogP contribution in [0.1, 0.15) is 5.56 Å². The van der Waals surface area contributed by atoms with Gasteiger partial charge in [0.15, 0.2) is 17.4 Å². The largest absolute Gasteiger partial charge is 0.485 e. The van der Waals surface area contributed by atoms with Crippen LogP contribution in [0.4, 0.5) is 14.6 Å². The molecule has 122 valence electrons. The van der Waals surface area contributed by atoms with Crippen molar-refractivity contribution in [3.8, 4) is 16.9 Å². The van der Waals surface area contributed by atoms with E-state index in [1.54, 1.807) is 12.3 Å². The predicted octanol–water partition coefficient (Wildman–Crippen LogP) is 4.84. The molecule has 0 aliphatic heterocycles. The molecule has 3 rings (SSSR count). The number of pyridine rings is 1. The lowest BCUT2D eigenvalue weighted by molar-refractivity contribution is 0.293. The third-order valence-electron chi connectivity index (χ3n) is 3.50. The van der Waals surface area contributed by atoms with Crippen molar-refractivity contribution in [2.75, 3.05) is 5.73 Å². The molecule has 3 aromatic rings. The van der Waals surface area contributed by atoms with E-state index in [1.807, 2.05) is 30.3 Å². The van der Waals surface area contributed by atoms with E-state index in [2.05, 4.69) is 4.98 Å². The molecule has 0 saturated heterocycles. The van der Waals surface area contributed by atoms with Gasteiger partial charge in [-0.05, 0) is 23.8 Å². The Morgan fingerprint density at radius 3 is 2.54 bits per heavy atom. The molecule has 3 nitrogen and oxygen atoms in total. The first kappa shape index (κ1) is 16.2. The van der Waals surface area contributed by atoms with Crippen LogP contribution < -0.4 is 10.5 Å². The first-order chi connectivity index (χ1) is 11.6. The van der Waals surface area contributed by atoms with Crippen molar-refractivity contribution in [2.45, 2.75) is 6.61 Å². The van der Waals surface area contributed by atoms with E-state index in [0.29, 0.717) is 0 Å². The van der Waals surface area contributed by atoms with Crippen LogP contribution in [0, 0.1) is 11.6 Å². The maximum atomic E-state index is 13.9. The molecule has 0 fully saturated rings. The lowest BCUT2D eigenvalue weighted by atomic mass is 10.1. The highest BCUT2D eigenvalue weighted by atomic mass is 35.5. The van der Waals surface area contributed by atoms with Gasteiger partial charge in [-0.25, -0.2) is 13.8 Å². The minimum Gasteiger partial charge on any atom is -0.485 e.